The molecule has 1 amide bonds. The molecule has 1 aliphatic heterocycles. The highest BCUT2D eigenvalue weighted by molar-refractivity contribution is 5.75. The van der Waals surface area contributed by atoms with Crippen molar-refractivity contribution < 1.29 is 19.1 Å². The third kappa shape index (κ3) is 7.21. The largest absolute Gasteiger partial charge is 0.466 e. The molecule has 0 aliphatic carbocycles. The molecule has 150 valence electrons. The van der Waals surface area contributed by atoms with Gasteiger partial charge in [-0.1, -0.05) is 30.3 Å². The van der Waals surface area contributed by atoms with Crippen LogP contribution >= 0.6 is 0 Å². The summed E-state index contributed by atoms with van der Waals surface area (Å²) in [7, 11) is 0. The van der Waals surface area contributed by atoms with E-state index < -0.39 is 11.7 Å². The maximum Gasteiger partial charge on any atom is 0.407 e. The summed E-state index contributed by atoms with van der Waals surface area (Å²) in [5.41, 5.74) is 0.664. The van der Waals surface area contributed by atoms with Gasteiger partial charge in [0.05, 0.1) is 12.5 Å². The van der Waals surface area contributed by atoms with E-state index in [1.165, 1.54) is 5.56 Å². The van der Waals surface area contributed by atoms with Crippen LogP contribution in [0.1, 0.15) is 46.1 Å². The maximum absolute atomic E-state index is 12.5. The average molecular weight is 376 g/mol. The van der Waals surface area contributed by atoms with E-state index in [4.69, 9.17) is 9.47 Å². The highest BCUT2D eigenvalue weighted by Gasteiger charge is 2.34. The van der Waals surface area contributed by atoms with Crippen LogP contribution in [0, 0.1) is 5.92 Å². The molecule has 1 aromatic carbocycles. The van der Waals surface area contributed by atoms with Gasteiger partial charge in [-0.3, -0.25) is 9.69 Å². The summed E-state index contributed by atoms with van der Waals surface area (Å²) in [4.78, 5) is 27.0. The number of esters is 1. The second-order valence-electron chi connectivity index (χ2n) is 7.95. The number of carbonyl (C=O) groups excluding carboxylic acids is 2. The Labute approximate surface area is 162 Å². The predicted octanol–water partition coefficient (Wildman–Crippen LogP) is 3.36. The van der Waals surface area contributed by atoms with Crippen LogP contribution in [0.15, 0.2) is 30.3 Å². The van der Waals surface area contributed by atoms with Gasteiger partial charge >= 0.3 is 12.1 Å². The second kappa shape index (κ2) is 9.74. The Morgan fingerprint density at radius 1 is 1.15 bits per heavy atom. The van der Waals surface area contributed by atoms with Crippen LogP contribution in [0.4, 0.5) is 4.79 Å². The van der Waals surface area contributed by atoms with Crippen molar-refractivity contribution in [1.29, 1.82) is 0 Å². The van der Waals surface area contributed by atoms with Crippen molar-refractivity contribution >= 4 is 12.1 Å². The van der Waals surface area contributed by atoms with Gasteiger partial charge in [0.1, 0.15) is 5.60 Å². The Balaban J connectivity index is 2.04. The van der Waals surface area contributed by atoms with Crippen LogP contribution in [0.25, 0.3) is 0 Å². The highest BCUT2D eigenvalue weighted by atomic mass is 16.6. The number of likely N-dealkylation sites (tertiary alicyclic amines) is 1. The Hall–Kier alpha value is -2.08. The summed E-state index contributed by atoms with van der Waals surface area (Å²) in [5, 5.41) is 2.90. The molecule has 1 aromatic rings. The summed E-state index contributed by atoms with van der Waals surface area (Å²) in [5.74, 6) is -0.613. The maximum atomic E-state index is 12.5. The van der Waals surface area contributed by atoms with Crippen molar-refractivity contribution in [1.82, 2.24) is 10.2 Å². The van der Waals surface area contributed by atoms with E-state index in [1.54, 1.807) is 6.92 Å². The van der Waals surface area contributed by atoms with Gasteiger partial charge < -0.3 is 14.8 Å². The first-order chi connectivity index (χ1) is 12.8. The van der Waals surface area contributed by atoms with Crippen molar-refractivity contribution in [2.75, 3.05) is 19.7 Å². The Morgan fingerprint density at radius 2 is 1.81 bits per heavy atom. The molecule has 0 saturated carbocycles. The van der Waals surface area contributed by atoms with Crippen LogP contribution in [0.5, 0.6) is 0 Å². The molecule has 6 nitrogen and oxygen atoms in total. The molecule has 2 rings (SSSR count). The minimum absolute atomic E-state index is 0.250. The molecular weight excluding hydrogens is 344 g/mol. The zero-order chi connectivity index (χ0) is 19.9. The summed E-state index contributed by atoms with van der Waals surface area (Å²) >= 11 is 0. The molecule has 1 saturated heterocycles. The lowest BCUT2D eigenvalue weighted by molar-refractivity contribution is -0.149. The van der Waals surface area contributed by atoms with Crippen molar-refractivity contribution in [2.45, 2.75) is 58.7 Å². The number of rotatable bonds is 5. The minimum Gasteiger partial charge on any atom is -0.466 e. The number of alkyl carbamates (subject to hydrolysis) is 1. The van der Waals surface area contributed by atoms with E-state index in [2.05, 4.69) is 22.3 Å². The fraction of sp³-hybridized carbons (Fsp3) is 0.619. The van der Waals surface area contributed by atoms with Crippen molar-refractivity contribution in [3.05, 3.63) is 35.9 Å². The lowest BCUT2D eigenvalue weighted by Gasteiger charge is -2.26. The van der Waals surface area contributed by atoms with Crippen molar-refractivity contribution in [3.8, 4) is 0 Å². The fourth-order valence-corrected chi connectivity index (χ4v) is 3.32. The number of ether oxygens (including phenoxy) is 2. The quantitative estimate of drug-likeness (QED) is 0.798. The van der Waals surface area contributed by atoms with Crippen molar-refractivity contribution in [2.24, 2.45) is 5.92 Å². The first kappa shape index (κ1) is 21.2. The average Bonchev–Trinajstić information content (AvgIpc) is 2.77. The predicted molar refractivity (Wildman–Crippen MR) is 104 cm³/mol. The molecule has 1 fully saturated rings. The molecule has 27 heavy (non-hydrogen) atoms. The SMILES string of the molecule is CCOC(=O)[C@H]1CCN(Cc2ccccc2)CC[C@@H]1NC(=O)OC(C)(C)C. The third-order valence-corrected chi connectivity index (χ3v) is 4.54. The van der Waals surface area contributed by atoms with Crippen LogP contribution in [0.2, 0.25) is 0 Å². The first-order valence-electron chi connectivity index (χ1n) is 9.71. The molecule has 0 radical (unpaired) electrons. The number of carbonyl (C=O) groups is 2. The first-order valence-corrected chi connectivity index (χ1v) is 9.71. The van der Waals surface area contributed by atoms with Gasteiger partial charge in [-0.05, 0) is 52.6 Å². The molecule has 6 heteroatoms. The molecule has 1 N–H and O–H groups in total. The molecule has 2 atom stereocenters. The number of nitrogens with zero attached hydrogens (tertiary/aromatic N) is 1. The van der Waals surface area contributed by atoms with Gasteiger partial charge in [-0.25, -0.2) is 4.79 Å². The van der Waals surface area contributed by atoms with Gasteiger partial charge in [0, 0.05) is 19.1 Å². The summed E-state index contributed by atoms with van der Waals surface area (Å²) in [6.45, 7) is 10.0. The Bertz CT molecular complexity index is 612. The third-order valence-electron chi connectivity index (χ3n) is 4.54. The monoisotopic (exact) mass is 376 g/mol. The highest BCUT2D eigenvalue weighted by Crippen LogP contribution is 2.22. The zero-order valence-electron chi connectivity index (χ0n) is 16.9. The topological polar surface area (TPSA) is 67.9 Å². The molecular formula is C21H32N2O4. The normalized spacial score (nSPS) is 21.2. The Morgan fingerprint density at radius 3 is 2.44 bits per heavy atom. The lowest BCUT2D eigenvalue weighted by atomic mass is 9.95. The summed E-state index contributed by atoms with van der Waals surface area (Å²) < 4.78 is 10.6. The van der Waals surface area contributed by atoms with E-state index in [0.29, 0.717) is 19.4 Å². The zero-order valence-corrected chi connectivity index (χ0v) is 16.9. The molecule has 0 unspecified atom stereocenters. The standard InChI is InChI=1S/C21H32N2O4/c1-5-26-19(24)17-11-13-23(15-16-9-7-6-8-10-16)14-12-18(17)22-20(25)27-21(2,3)4/h6-10,17-18H,5,11-15H2,1-4H3,(H,22,25)/t17-,18-/m0/s1. The van der Waals surface area contributed by atoms with Crippen LogP contribution in [-0.4, -0.2) is 48.3 Å². The molecule has 0 aromatic heterocycles. The lowest BCUT2D eigenvalue weighted by Crippen LogP contribution is -2.45. The van der Waals surface area contributed by atoms with Crippen LogP contribution in [-0.2, 0) is 20.8 Å². The van der Waals surface area contributed by atoms with Crippen LogP contribution < -0.4 is 5.32 Å². The van der Waals surface area contributed by atoms with Crippen LogP contribution in [0.3, 0.4) is 0 Å². The minimum atomic E-state index is -0.576. The number of hydrogen-bond acceptors (Lipinski definition) is 5. The van der Waals surface area contributed by atoms with E-state index in [-0.39, 0.29) is 17.9 Å². The van der Waals surface area contributed by atoms with E-state index in [1.807, 2.05) is 39.0 Å². The molecule has 1 heterocycles. The van der Waals surface area contributed by atoms with E-state index >= 15 is 0 Å². The molecule has 1 aliphatic rings. The van der Waals surface area contributed by atoms with E-state index in [9.17, 15) is 9.59 Å². The van der Waals surface area contributed by atoms with Gasteiger partial charge in [-0.2, -0.15) is 0 Å². The van der Waals surface area contributed by atoms with Gasteiger partial charge in [0.25, 0.3) is 0 Å². The summed E-state index contributed by atoms with van der Waals surface area (Å²) in [6.07, 6.45) is 0.833. The van der Waals surface area contributed by atoms with Crippen molar-refractivity contribution in [3.63, 3.8) is 0 Å². The van der Waals surface area contributed by atoms with Gasteiger partial charge in [0.15, 0.2) is 0 Å². The van der Waals surface area contributed by atoms with E-state index in [0.717, 1.165) is 19.6 Å². The number of amides is 1. The van der Waals surface area contributed by atoms with Gasteiger partial charge in [-0.15, -0.1) is 0 Å². The fourth-order valence-electron chi connectivity index (χ4n) is 3.32. The van der Waals surface area contributed by atoms with Gasteiger partial charge in [0.2, 0.25) is 0 Å². The number of benzene rings is 1. The smallest absolute Gasteiger partial charge is 0.407 e. The Kier molecular flexibility index (Phi) is 7.66. The summed E-state index contributed by atoms with van der Waals surface area (Å²) in [6, 6.07) is 9.97. The second-order valence-corrected chi connectivity index (χ2v) is 7.95. The molecule has 0 spiro atoms. The number of nitrogens with one attached hydrogen (secondary N) is 1. The molecule has 0 bridgehead atoms. The number of hydrogen-bond donors (Lipinski definition) is 1.